The van der Waals surface area contributed by atoms with Gasteiger partial charge in [-0.15, -0.1) is 0 Å². The van der Waals surface area contributed by atoms with E-state index in [4.69, 9.17) is 9.97 Å². The summed E-state index contributed by atoms with van der Waals surface area (Å²) in [5.74, 6) is 3.07. The summed E-state index contributed by atoms with van der Waals surface area (Å²) in [6.07, 6.45) is 2.88. The number of nitrogens with zero attached hydrogens (tertiary/aromatic N) is 2. The van der Waals surface area contributed by atoms with E-state index in [0.29, 0.717) is 11.8 Å². The Morgan fingerprint density at radius 1 is 0.581 bits per heavy atom. The van der Waals surface area contributed by atoms with Gasteiger partial charge in [-0.2, -0.15) is 0 Å². The molecule has 31 heavy (non-hydrogen) atoms. The van der Waals surface area contributed by atoms with Crippen molar-refractivity contribution in [1.82, 2.24) is 19.9 Å². The fraction of sp³-hybridized carbons (Fsp3) is 0.333. The molecule has 2 heterocycles. The number of hydrogen-bond donors (Lipinski definition) is 2. The summed E-state index contributed by atoms with van der Waals surface area (Å²) in [4.78, 5) is 16.9. The van der Waals surface area contributed by atoms with Crippen LogP contribution in [-0.4, -0.2) is 19.9 Å². The minimum Gasteiger partial charge on any atom is -0.342 e. The smallest absolute Gasteiger partial charge is 0.109 e. The molecular weight excluding hydrogens is 380 g/mol. The van der Waals surface area contributed by atoms with Gasteiger partial charge in [-0.1, -0.05) is 27.7 Å². The number of fused-ring (bicyclic) bond motifs is 9. The van der Waals surface area contributed by atoms with Crippen molar-refractivity contribution in [3.05, 3.63) is 69.6 Å². The summed E-state index contributed by atoms with van der Waals surface area (Å²) >= 11 is 0. The molecule has 154 valence electrons. The van der Waals surface area contributed by atoms with Crippen molar-refractivity contribution in [1.29, 1.82) is 0 Å². The van der Waals surface area contributed by atoms with E-state index in [1.54, 1.807) is 0 Å². The maximum atomic E-state index is 4.87. The Kier molecular flexibility index (Phi) is 3.26. The first-order valence-corrected chi connectivity index (χ1v) is 11.5. The fourth-order valence-electron chi connectivity index (χ4n) is 5.60. The molecule has 0 saturated carbocycles. The van der Waals surface area contributed by atoms with Gasteiger partial charge in [0.2, 0.25) is 0 Å². The van der Waals surface area contributed by atoms with Crippen LogP contribution in [-0.2, 0) is 19.3 Å². The van der Waals surface area contributed by atoms with Gasteiger partial charge in [0.15, 0.2) is 0 Å². The van der Waals surface area contributed by atoms with Crippen LogP contribution in [0.3, 0.4) is 0 Å². The Balaban J connectivity index is 1.31. The Morgan fingerprint density at radius 3 is 1.39 bits per heavy atom. The molecule has 4 aromatic rings. The highest BCUT2D eigenvalue weighted by molar-refractivity contribution is 5.87. The predicted molar refractivity (Wildman–Crippen MR) is 124 cm³/mol. The Hall–Kier alpha value is -3.14. The molecule has 0 radical (unpaired) electrons. The van der Waals surface area contributed by atoms with E-state index in [1.165, 1.54) is 67.3 Å². The first kappa shape index (κ1) is 17.5. The Bertz CT molecular complexity index is 1310. The number of nitrogens with one attached hydrogen (secondary N) is 2. The molecule has 0 aliphatic heterocycles. The molecule has 0 saturated heterocycles. The summed E-state index contributed by atoms with van der Waals surface area (Å²) < 4.78 is 0. The van der Waals surface area contributed by atoms with Crippen molar-refractivity contribution < 1.29 is 0 Å². The third kappa shape index (κ3) is 2.31. The number of imidazole rings is 2. The molecule has 0 fully saturated rings. The number of aromatic amines is 2. The van der Waals surface area contributed by atoms with Gasteiger partial charge in [0.05, 0.1) is 22.8 Å². The van der Waals surface area contributed by atoms with Gasteiger partial charge < -0.3 is 9.97 Å². The number of hydrogen-bond acceptors (Lipinski definition) is 2. The van der Waals surface area contributed by atoms with Gasteiger partial charge in [0.1, 0.15) is 11.6 Å². The normalized spacial score (nSPS) is 14.6. The SMILES string of the molecule is CC(C)c1nc2c([nH]1)-c1cc3c(cc1C2)-c1cc2c(cc1C3)-c1[nH]c(C(C)C)nc1C2. The zero-order chi connectivity index (χ0) is 21.0. The van der Waals surface area contributed by atoms with E-state index in [1.807, 2.05) is 0 Å². The van der Waals surface area contributed by atoms with Crippen LogP contribution >= 0.6 is 0 Å². The van der Waals surface area contributed by atoms with Crippen molar-refractivity contribution in [2.75, 3.05) is 0 Å². The van der Waals surface area contributed by atoms with Crippen molar-refractivity contribution in [2.24, 2.45) is 0 Å². The summed E-state index contributed by atoms with van der Waals surface area (Å²) in [6.45, 7) is 8.79. The van der Waals surface area contributed by atoms with E-state index in [-0.39, 0.29) is 0 Å². The van der Waals surface area contributed by atoms with Crippen molar-refractivity contribution in [3.8, 4) is 33.6 Å². The predicted octanol–water partition coefficient (Wildman–Crippen LogP) is 6.09. The average Bonchev–Trinajstić information content (AvgIpc) is 3.49. The first-order chi connectivity index (χ1) is 15.0. The zero-order valence-electron chi connectivity index (χ0n) is 18.5. The van der Waals surface area contributed by atoms with E-state index >= 15 is 0 Å². The highest BCUT2D eigenvalue weighted by Gasteiger charge is 2.31. The average molecular weight is 407 g/mol. The van der Waals surface area contributed by atoms with Crippen LogP contribution in [0.25, 0.3) is 33.6 Å². The number of H-pyrrole nitrogens is 2. The fourth-order valence-corrected chi connectivity index (χ4v) is 5.60. The summed E-state index contributed by atoms with van der Waals surface area (Å²) in [6, 6.07) is 9.69. The first-order valence-electron chi connectivity index (χ1n) is 11.5. The molecule has 0 amide bonds. The Labute approximate surface area is 182 Å². The molecule has 4 heteroatoms. The molecule has 2 aromatic carbocycles. The quantitative estimate of drug-likeness (QED) is 0.365. The van der Waals surface area contributed by atoms with Gasteiger partial charge >= 0.3 is 0 Å². The minimum absolute atomic E-state index is 0.429. The van der Waals surface area contributed by atoms with Crippen molar-refractivity contribution in [2.45, 2.75) is 58.8 Å². The van der Waals surface area contributed by atoms with Gasteiger partial charge in [0, 0.05) is 35.8 Å². The molecule has 2 N–H and O–H groups in total. The summed E-state index contributed by atoms with van der Waals surface area (Å²) in [5, 5.41) is 0. The minimum atomic E-state index is 0.429. The van der Waals surface area contributed by atoms with Crippen LogP contribution in [0.2, 0.25) is 0 Å². The van der Waals surface area contributed by atoms with Crippen LogP contribution in [0.1, 0.15) is 84.8 Å². The lowest BCUT2D eigenvalue weighted by atomic mass is 9.97. The number of rotatable bonds is 2. The molecule has 4 nitrogen and oxygen atoms in total. The van der Waals surface area contributed by atoms with Crippen LogP contribution in [0.5, 0.6) is 0 Å². The van der Waals surface area contributed by atoms with Crippen LogP contribution in [0, 0.1) is 0 Å². The Morgan fingerprint density at radius 2 is 0.968 bits per heavy atom. The van der Waals surface area contributed by atoms with E-state index in [9.17, 15) is 0 Å². The van der Waals surface area contributed by atoms with Crippen molar-refractivity contribution in [3.63, 3.8) is 0 Å². The molecular formula is C27H26N4. The van der Waals surface area contributed by atoms with Crippen LogP contribution in [0.4, 0.5) is 0 Å². The number of benzene rings is 2. The second kappa shape index (κ2) is 5.76. The molecule has 2 aromatic heterocycles. The second-order valence-electron chi connectivity index (χ2n) is 10.1. The van der Waals surface area contributed by atoms with E-state index in [2.05, 4.69) is 61.9 Å². The number of aromatic nitrogens is 4. The molecule has 7 rings (SSSR count). The maximum absolute atomic E-state index is 4.87. The third-order valence-electron chi connectivity index (χ3n) is 7.27. The van der Waals surface area contributed by atoms with Crippen molar-refractivity contribution >= 4 is 0 Å². The highest BCUT2D eigenvalue weighted by Crippen LogP contribution is 2.47. The molecule has 3 aliphatic carbocycles. The molecule has 3 aliphatic rings. The second-order valence-corrected chi connectivity index (χ2v) is 10.1. The summed E-state index contributed by atoms with van der Waals surface area (Å²) in [5.41, 5.74) is 16.1. The van der Waals surface area contributed by atoms with Gasteiger partial charge in [0.25, 0.3) is 0 Å². The molecule has 0 spiro atoms. The molecule has 0 bridgehead atoms. The topological polar surface area (TPSA) is 57.4 Å². The standard InChI is InChI=1S/C27H26N4/c1-12(2)26-28-22-10-16-6-18-14(8-20(16)24(22)30-26)5-15-9-21-17(7-19(15)18)11-23-25(21)31-27(29-23)13(3)4/h6-9,12-13H,5,10-11H2,1-4H3,(H,28,30)(H,29,31). The van der Waals surface area contributed by atoms with Gasteiger partial charge in [-0.25, -0.2) is 9.97 Å². The van der Waals surface area contributed by atoms with Crippen LogP contribution in [0.15, 0.2) is 24.3 Å². The van der Waals surface area contributed by atoms with Crippen LogP contribution < -0.4 is 0 Å². The van der Waals surface area contributed by atoms with E-state index < -0.39 is 0 Å². The lowest BCUT2D eigenvalue weighted by Gasteiger charge is -2.09. The lowest BCUT2D eigenvalue weighted by molar-refractivity contribution is 0.789. The highest BCUT2D eigenvalue weighted by atomic mass is 15.0. The molecule has 0 atom stereocenters. The largest absolute Gasteiger partial charge is 0.342 e. The third-order valence-corrected chi connectivity index (χ3v) is 7.27. The lowest BCUT2D eigenvalue weighted by Crippen LogP contribution is -1.94. The van der Waals surface area contributed by atoms with Gasteiger partial charge in [-0.3, -0.25) is 0 Å². The van der Waals surface area contributed by atoms with Gasteiger partial charge in [-0.05, 0) is 64.1 Å². The summed E-state index contributed by atoms with van der Waals surface area (Å²) in [7, 11) is 0. The maximum Gasteiger partial charge on any atom is 0.109 e. The van der Waals surface area contributed by atoms with E-state index in [0.717, 1.165) is 30.9 Å². The monoisotopic (exact) mass is 406 g/mol. The molecule has 0 unspecified atom stereocenters. The zero-order valence-corrected chi connectivity index (χ0v) is 18.5.